The summed E-state index contributed by atoms with van der Waals surface area (Å²) in [4.78, 5) is 20.5. The first-order valence-corrected chi connectivity index (χ1v) is 8.15. The van der Waals surface area contributed by atoms with Gasteiger partial charge in [-0.3, -0.25) is 9.59 Å². The van der Waals surface area contributed by atoms with Gasteiger partial charge in [0.2, 0.25) is 0 Å². The zero-order valence-electron chi connectivity index (χ0n) is 10.5. The van der Waals surface area contributed by atoms with Gasteiger partial charge in [0.05, 0.1) is 0 Å². The summed E-state index contributed by atoms with van der Waals surface area (Å²) in [5, 5.41) is 0.962. The number of ether oxygens (including phenoxy) is 1. The van der Waals surface area contributed by atoms with Crippen LogP contribution in [0.15, 0.2) is 35.7 Å². The molecular weight excluding hydrogens is 304 g/mol. The Morgan fingerprint density at radius 2 is 1.60 bits per heavy atom. The van der Waals surface area contributed by atoms with E-state index < -0.39 is 9.05 Å². The van der Waals surface area contributed by atoms with E-state index in [1.54, 1.807) is 12.1 Å². The highest BCUT2D eigenvalue weighted by molar-refractivity contribution is 8.16. The van der Waals surface area contributed by atoms with Crippen LogP contribution < -0.4 is 0 Å². The molecule has 1 aliphatic rings. The molecule has 1 aromatic rings. The van der Waals surface area contributed by atoms with Gasteiger partial charge in [0, 0.05) is 28.9 Å². The lowest BCUT2D eigenvalue weighted by Gasteiger charge is -2.06. The third-order valence-electron chi connectivity index (χ3n) is 2.21. The summed E-state index contributed by atoms with van der Waals surface area (Å²) in [7, 11) is 1.44. The Hall–Kier alpha value is -1.66. The van der Waals surface area contributed by atoms with Gasteiger partial charge in [-0.1, -0.05) is 30.3 Å². The molecule has 5 nitrogen and oxygen atoms in total. The number of carbonyl (C=O) groups excluding carboxylic acids is 2. The molecule has 0 aromatic heterocycles. The molecule has 20 heavy (non-hydrogen) atoms. The standard InChI is InChI=1S/C8H7ClO2S.C5H6O3/c9-12(10,11)7-6-8-4-2-1-3-5-8;6-4-2-1-3-5(7)8-4/h1-7H;1-3H2. The first-order chi connectivity index (χ1) is 9.37. The van der Waals surface area contributed by atoms with E-state index in [0.717, 1.165) is 11.0 Å². The van der Waals surface area contributed by atoms with Crippen molar-refractivity contribution in [2.75, 3.05) is 0 Å². The minimum absolute atomic E-state index is 0.388. The number of hydrogen-bond acceptors (Lipinski definition) is 5. The second kappa shape index (κ2) is 7.81. The normalized spacial score (nSPS) is 15.4. The molecule has 0 saturated carbocycles. The van der Waals surface area contributed by atoms with Crippen molar-refractivity contribution in [3.63, 3.8) is 0 Å². The fourth-order valence-corrected chi connectivity index (χ4v) is 1.80. The van der Waals surface area contributed by atoms with Gasteiger partial charge in [-0.15, -0.1) is 0 Å². The third-order valence-corrected chi connectivity index (χ3v) is 2.98. The highest BCUT2D eigenvalue weighted by Gasteiger charge is 2.15. The summed E-state index contributed by atoms with van der Waals surface area (Å²) in [5.41, 5.74) is 0.807. The lowest BCUT2D eigenvalue weighted by Crippen LogP contribution is -2.17. The number of cyclic esters (lactones) is 2. The molecule has 2 rings (SSSR count). The molecule has 1 saturated heterocycles. The minimum Gasteiger partial charge on any atom is -0.393 e. The highest BCUT2D eigenvalue weighted by Crippen LogP contribution is 2.06. The lowest BCUT2D eigenvalue weighted by molar-refractivity contribution is -0.163. The largest absolute Gasteiger partial charge is 0.393 e. The SMILES string of the molecule is O=C1CCCC(=O)O1.O=S(=O)(Cl)C=Cc1ccccc1. The number of esters is 2. The zero-order chi connectivity index (χ0) is 15.0. The van der Waals surface area contributed by atoms with Crippen LogP contribution in [0.2, 0.25) is 0 Å². The fourth-order valence-electron chi connectivity index (χ4n) is 1.33. The van der Waals surface area contributed by atoms with Gasteiger partial charge in [0.25, 0.3) is 9.05 Å². The zero-order valence-corrected chi connectivity index (χ0v) is 12.1. The fraction of sp³-hybridized carbons (Fsp3) is 0.231. The molecule has 1 heterocycles. The molecule has 0 radical (unpaired) electrons. The molecule has 1 aromatic carbocycles. The van der Waals surface area contributed by atoms with Crippen molar-refractivity contribution in [3.05, 3.63) is 41.3 Å². The maximum absolute atomic E-state index is 10.5. The molecular formula is C13H13ClO5S. The van der Waals surface area contributed by atoms with E-state index in [4.69, 9.17) is 10.7 Å². The first kappa shape index (κ1) is 16.4. The van der Waals surface area contributed by atoms with Crippen molar-refractivity contribution in [2.45, 2.75) is 19.3 Å². The van der Waals surface area contributed by atoms with Crippen LogP contribution in [0.5, 0.6) is 0 Å². The molecule has 0 unspecified atom stereocenters. The molecule has 0 spiro atoms. The number of rotatable bonds is 2. The molecule has 0 N–H and O–H groups in total. The summed E-state index contributed by atoms with van der Waals surface area (Å²) in [5.74, 6) is -0.775. The minimum atomic E-state index is -3.53. The predicted octanol–water partition coefficient (Wildman–Crippen LogP) is 2.47. The second-order valence-electron chi connectivity index (χ2n) is 3.89. The van der Waals surface area contributed by atoms with Crippen molar-refractivity contribution in [1.82, 2.24) is 0 Å². The molecule has 0 atom stereocenters. The van der Waals surface area contributed by atoms with Crippen LogP contribution in [-0.2, 0) is 23.4 Å². The van der Waals surface area contributed by atoms with E-state index in [-0.39, 0.29) is 11.9 Å². The monoisotopic (exact) mass is 316 g/mol. The Labute approximate surface area is 121 Å². The summed E-state index contributed by atoms with van der Waals surface area (Å²) in [6.07, 6.45) is 2.89. The van der Waals surface area contributed by atoms with Crippen LogP contribution in [0.25, 0.3) is 6.08 Å². The third kappa shape index (κ3) is 7.70. The van der Waals surface area contributed by atoms with E-state index in [9.17, 15) is 18.0 Å². The van der Waals surface area contributed by atoms with Gasteiger partial charge < -0.3 is 4.74 Å². The molecule has 1 aliphatic heterocycles. The first-order valence-electron chi connectivity index (χ1n) is 5.78. The van der Waals surface area contributed by atoms with Crippen LogP contribution in [0.3, 0.4) is 0 Å². The van der Waals surface area contributed by atoms with E-state index in [1.165, 1.54) is 6.08 Å². The summed E-state index contributed by atoms with van der Waals surface area (Å²) in [6.45, 7) is 0. The highest BCUT2D eigenvalue weighted by atomic mass is 35.7. The number of carbonyl (C=O) groups is 2. The molecule has 1 fully saturated rings. The van der Waals surface area contributed by atoms with Crippen LogP contribution in [0, 0.1) is 0 Å². The van der Waals surface area contributed by atoms with E-state index in [1.807, 2.05) is 18.2 Å². The van der Waals surface area contributed by atoms with E-state index in [0.29, 0.717) is 19.3 Å². The van der Waals surface area contributed by atoms with Crippen molar-refractivity contribution in [1.29, 1.82) is 0 Å². The molecule has 108 valence electrons. The molecule has 7 heteroatoms. The van der Waals surface area contributed by atoms with Crippen molar-refractivity contribution < 1.29 is 22.7 Å². The Kier molecular flexibility index (Phi) is 6.41. The van der Waals surface area contributed by atoms with Gasteiger partial charge >= 0.3 is 11.9 Å². The van der Waals surface area contributed by atoms with Gasteiger partial charge in [0.1, 0.15) is 0 Å². The molecule has 0 bridgehead atoms. The average molecular weight is 317 g/mol. The maximum Gasteiger partial charge on any atom is 0.313 e. The predicted molar refractivity (Wildman–Crippen MR) is 75.2 cm³/mol. The van der Waals surface area contributed by atoms with E-state index in [2.05, 4.69) is 4.74 Å². The second-order valence-corrected chi connectivity index (χ2v) is 6.40. The van der Waals surface area contributed by atoms with Crippen molar-refractivity contribution in [3.8, 4) is 0 Å². The van der Waals surface area contributed by atoms with Crippen LogP contribution in [0.1, 0.15) is 24.8 Å². The molecule has 0 aliphatic carbocycles. The van der Waals surface area contributed by atoms with Crippen LogP contribution in [0.4, 0.5) is 0 Å². The summed E-state index contributed by atoms with van der Waals surface area (Å²) in [6, 6.07) is 9.07. The Morgan fingerprint density at radius 3 is 2.00 bits per heavy atom. The van der Waals surface area contributed by atoms with Crippen LogP contribution in [-0.4, -0.2) is 20.4 Å². The van der Waals surface area contributed by atoms with E-state index >= 15 is 0 Å². The molecule has 0 amide bonds. The Balaban J connectivity index is 0.000000217. The van der Waals surface area contributed by atoms with Gasteiger partial charge in [-0.05, 0) is 18.1 Å². The quantitative estimate of drug-likeness (QED) is 0.476. The number of halogens is 1. The van der Waals surface area contributed by atoms with Gasteiger partial charge in [0.15, 0.2) is 0 Å². The lowest BCUT2D eigenvalue weighted by atomic mass is 10.2. The topological polar surface area (TPSA) is 77.5 Å². The Morgan fingerprint density at radius 1 is 1.05 bits per heavy atom. The summed E-state index contributed by atoms with van der Waals surface area (Å²) < 4.78 is 25.2. The average Bonchev–Trinajstić information content (AvgIpc) is 2.37. The summed E-state index contributed by atoms with van der Waals surface area (Å²) >= 11 is 0. The maximum atomic E-state index is 10.5. The number of hydrogen-bond donors (Lipinski definition) is 0. The number of benzene rings is 1. The van der Waals surface area contributed by atoms with Crippen molar-refractivity contribution >= 4 is 37.7 Å². The van der Waals surface area contributed by atoms with Crippen molar-refractivity contribution in [2.24, 2.45) is 0 Å². The Bertz CT molecular complexity index is 578. The van der Waals surface area contributed by atoms with Crippen LogP contribution >= 0.6 is 10.7 Å². The smallest absolute Gasteiger partial charge is 0.313 e. The van der Waals surface area contributed by atoms with Gasteiger partial charge in [-0.25, -0.2) is 8.42 Å². The van der Waals surface area contributed by atoms with Gasteiger partial charge in [-0.2, -0.15) is 0 Å².